The largest absolute Gasteiger partial charge is 0.506 e. The van der Waals surface area contributed by atoms with Crippen LogP contribution in [0.25, 0.3) is 0 Å². The summed E-state index contributed by atoms with van der Waals surface area (Å²) in [6.07, 6.45) is -1.24. The van der Waals surface area contributed by atoms with E-state index in [-0.39, 0.29) is 6.61 Å². The highest BCUT2D eigenvalue weighted by molar-refractivity contribution is 5.56. The summed E-state index contributed by atoms with van der Waals surface area (Å²) in [6, 6.07) is 7.52. The third kappa shape index (κ3) is 2.27. The smallest absolute Gasteiger partial charge is 0.450 e. The van der Waals surface area contributed by atoms with Gasteiger partial charge >= 0.3 is 6.16 Å². The molecule has 0 aliphatic heterocycles. The second-order valence-electron chi connectivity index (χ2n) is 2.48. The number of aryl methyl sites for hydroxylation is 1. The Morgan fingerprint density at radius 3 is 2.75 bits per heavy atom. The van der Waals surface area contributed by atoms with E-state index in [2.05, 4.69) is 4.74 Å². The lowest BCUT2D eigenvalue weighted by molar-refractivity contribution is 0.0852. The van der Waals surface area contributed by atoms with Gasteiger partial charge in [-0.2, -0.15) is 0 Å². The highest BCUT2D eigenvalue weighted by Crippen LogP contribution is 2.07. The molecule has 0 amide bonds. The average Bonchev–Trinajstić information content (AvgIpc) is 2.03. The van der Waals surface area contributed by atoms with Gasteiger partial charge in [0.1, 0.15) is 6.61 Å². The Labute approximate surface area is 70.6 Å². The van der Waals surface area contributed by atoms with E-state index in [9.17, 15) is 4.79 Å². The van der Waals surface area contributed by atoms with E-state index in [1.165, 1.54) is 0 Å². The third-order valence-electron chi connectivity index (χ3n) is 1.61. The summed E-state index contributed by atoms with van der Waals surface area (Å²) in [7, 11) is 0. The predicted octanol–water partition coefficient (Wildman–Crippen LogP) is 2.19. The van der Waals surface area contributed by atoms with Crippen molar-refractivity contribution in [3.63, 3.8) is 0 Å². The molecule has 0 unspecified atom stereocenters. The van der Waals surface area contributed by atoms with Gasteiger partial charge in [-0.15, -0.1) is 0 Å². The minimum absolute atomic E-state index is 0.127. The summed E-state index contributed by atoms with van der Waals surface area (Å²) >= 11 is 0. The fourth-order valence-electron chi connectivity index (χ4n) is 0.912. The molecule has 0 saturated carbocycles. The van der Waals surface area contributed by atoms with Crippen molar-refractivity contribution >= 4 is 6.16 Å². The molecule has 1 N–H and O–H groups in total. The fraction of sp³-hybridized carbons (Fsp3) is 0.222. The standard InChI is InChI=1S/C9H10O3/c1-7-4-2-3-5-8(7)6-12-9(10)11/h2-5H,6H2,1H3,(H,10,11). The topological polar surface area (TPSA) is 46.5 Å². The third-order valence-corrected chi connectivity index (χ3v) is 1.61. The van der Waals surface area contributed by atoms with Crippen molar-refractivity contribution in [3.8, 4) is 0 Å². The van der Waals surface area contributed by atoms with Gasteiger partial charge in [-0.05, 0) is 18.1 Å². The Morgan fingerprint density at radius 2 is 2.17 bits per heavy atom. The lowest BCUT2D eigenvalue weighted by atomic mass is 10.1. The quantitative estimate of drug-likeness (QED) is 0.685. The van der Waals surface area contributed by atoms with Gasteiger partial charge in [-0.1, -0.05) is 24.3 Å². The van der Waals surface area contributed by atoms with E-state index in [1.807, 2.05) is 31.2 Å². The first-order valence-corrected chi connectivity index (χ1v) is 3.60. The number of ether oxygens (including phenoxy) is 1. The van der Waals surface area contributed by atoms with E-state index >= 15 is 0 Å². The predicted molar refractivity (Wildman–Crippen MR) is 44.0 cm³/mol. The zero-order valence-corrected chi connectivity index (χ0v) is 6.78. The zero-order valence-electron chi connectivity index (χ0n) is 6.78. The number of hydrogen-bond donors (Lipinski definition) is 1. The first-order chi connectivity index (χ1) is 5.70. The average molecular weight is 166 g/mol. The molecule has 1 aromatic carbocycles. The second kappa shape index (κ2) is 3.76. The van der Waals surface area contributed by atoms with Gasteiger partial charge in [0.2, 0.25) is 0 Å². The van der Waals surface area contributed by atoms with Gasteiger partial charge in [0.15, 0.2) is 0 Å². The van der Waals surface area contributed by atoms with Crippen molar-refractivity contribution in [2.45, 2.75) is 13.5 Å². The molecular weight excluding hydrogens is 156 g/mol. The minimum Gasteiger partial charge on any atom is -0.450 e. The number of hydrogen-bond acceptors (Lipinski definition) is 2. The molecule has 1 rings (SSSR count). The molecule has 3 nitrogen and oxygen atoms in total. The van der Waals surface area contributed by atoms with Crippen LogP contribution in [0.5, 0.6) is 0 Å². The molecule has 0 atom stereocenters. The molecule has 0 spiro atoms. The maximum absolute atomic E-state index is 10.1. The van der Waals surface area contributed by atoms with Crippen LogP contribution < -0.4 is 0 Å². The van der Waals surface area contributed by atoms with E-state index in [4.69, 9.17) is 5.11 Å². The molecule has 0 fully saturated rings. The van der Waals surface area contributed by atoms with Crippen LogP contribution in [0.3, 0.4) is 0 Å². The first-order valence-electron chi connectivity index (χ1n) is 3.60. The fourth-order valence-corrected chi connectivity index (χ4v) is 0.912. The second-order valence-corrected chi connectivity index (χ2v) is 2.48. The van der Waals surface area contributed by atoms with Crippen LogP contribution in [0.4, 0.5) is 4.79 Å². The van der Waals surface area contributed by atoms with E-state index in [0.29, 0.717) is 0 Å². The van der Waals surface area contributed by atoms with Crippen LogP contribution in [0.1, 0.15) is 11.1 Å². The van der Waals surface area contributed by atoms with Crippen LogP contribution in [-0.2, 0) is 11.3 Å². The number of carbonyl (C=O) groups is 1. The van der Waals surface area contributed by atoms with Crippen molar-refractivity contribution in [3.05, 3.63) is 35.4 Å². The van der Waals surface area contributed by atoms with Gasteiger partial charge in [-0.25, -0.2) is 4.79 Å². The summed E-state index contributed by atoms with van der Waals surface area (Å²) in [5, 5.41) is 8.24. The summed E-state index contributed by atoms with van der Waals surface area (Å²) in [4.78, 5) is 10.1. The molecule has 0 bridgehead atoms. The number of benzene rings is 1. The maximum Gasteiger partial charge on any atom is 0.506 e. The molecular formula is C9H10O3. The Hall–Kier alpha value is -1.51. The van der Waals surface area contributed by atoms with Gasteiger partial charge in [0, 0.05) is 0 Å². The summed E-state index contributed by atoms with van der Waals surface area (Å²) < 4.78 is 4.43. The van der Waals surface area contributed by atoms with Gasteiger partial charge in [0.05, 0.1) is 0 Å². The Balaban J connectivity index is 2.63. The van der Waals surface area contributed by atoms with E-state index in [1.54, 1.807) is 0 Å². The monoisotopic (exact) mass is 166 g/mol. The molecule has 0 aromatic heterocycles. The molecule has 3 heteroatoms. The van der Waals surface area contributed by atoms with E-state index < -0.39 is 6.16 Å². The van der Waals surface area contributed by atoms with Crippen LogP contribution in [0, 0.1) is 6.92 Å². The first kappa shape index (κ1) is 8.59. The van der Waals surface area contributed by atoms with Gasteiger partial charge in [-0.3, -0.25) is 0 Å². The van der Waals surface area contributed by atoms with Crippen LogP contribution in [0.2, 0.25) is 0 Å². The highest BCUT2D eigenvalue weighted by Gasteiger charge is 1.99. The summed E-state index contributed by atoms with van der Waals surface area (Å²) in [5.74, 6) is 0. The van der Waals surface area contributed by atoms with Crippen LogP contribution in [-0.4, -0.2) is 11.3 Å². The Morgan fingerprint density at radius 1 is 1.50 bits per heavy atom. The lowest BCUT2D eigenvalue weighted by Gasteiger charge is -2.03. The molecule has 0 aliphatic rings. The SMILES string of the molecule is Cc1ccccc1COC(=O)O. The molecule has 0 aliphatic carbocycles. The molecule has 0 heterocycles. The number of carboxylic acid groups (broad SMARTS) is 1. The zero-order chi connectivity index (χ0) is 8.97. The van der Waals surface area contributed by atoms with Crippen molar-refractivity contribution in [2.24, 2.45) is 0 Å². The summed E-state index contributed by atoms with van der Waals surface area (Å²) in [5.41, 5.74) is 1.94. The molecule has 0 saturated heterocycles. The maximum atomic E-state index is 10.1. The minimum atomic E-state index is -1.24. The van der Waals surface area contributed by atoms with Crippen LogP contribution >= 0.6 is 0 Å². The number of rotatable bonds is 2. The van der Waals surface area contributed by atoms with Crippen molar-refractivity contribution in [2.75, 3.05) is 0 Å². The highest BCUT2D eigenvalue weighted by atomic mass is 16.7. The Bertz CT molecular complexity index is 281. The summed E-state index contributed by atoms with van der Waals surface area (Å²) in [6.45, 7) is 2.04. The van der Waals surface area contributed by atoms with Crippen molar-refractivity contribution < 1.29 is 14.6 Å². The molecule has 64 valence electrons. The van der Waals surface area contributed by atoms with Crippen molar-refractivity contribution in [1.82, 2.24) is 0 Å². The lowest BCUT2D eigenvalue weighted by Crippen LogP contribution is -2.01. The molecule has 1 aromatic rings. The molecule has 12 heavy (non-hydrogen) atoms. The van der Waals surface area contributed by atoms with E-state index in [0.717, 1.165) is 11.1 Å². The van der Waals surface area contributed by atoms with Gasteiger partial charge < -0.3 is 9.84 Å². The van der Waals surface area contributed by atoms with Gasteiger partial charge in [0.25, 0.3) is 0 Å². The van der Waals surface area contributed by atoms with Crippen LogP contribution in [0.15, 0.2) is 24.3 Å². The normalized spacial score (nSPS) is 9.42. The van der Waals surface area contributed by atoms with Crippen molar-refractivity contribution in [1.29, 1.82) is 0 Å². The Kier molecular flexibility index (Phi) is 2.69. The molecule has 0 radical (unpaired) electrons.